The Labute approximate surface area is 150 Å². The first-order valence-corrected chi connectivity index (χ1v) is 7.74. The van der Waals surface area contributed by atoms with Crippen molar-refractivity contribution >= 4 is 17.5 Å². The number of anilines is 1. The third-order valence-electron chi connectivity index (χ3n) is 3.46. The van der Waals surface area contributed by atoms with Gasteiger partial charge in [0.2, 0.25) is 5.91 Å². The number of phenolic OH excluding ortho intramolecular Hbond substituents is 1. The maximum Gasteiger partial charge on any atom is 0.271 e. The van der Waals surface area contributed by atoms with Gasteiger partial charge in [0.1, 0.15) is 17.3 Å². The number of hydrogen-bond donors (Lipinski definition) is 3. The minimum atomic E-state index is -0.840. The van der Waals surface area contributed by atoms with Gasteiger partial charge in [-0.05, 0) is 44.2 Å². The first-order valence-electron chi connectivity index (χ1n) is 7.74. The second-order valence-electron chi connectivity index (χ2n) is 6.15. The maximum atomic E-state index is 13.2. The number of carbonyl (C=O) groups excluding carboxylic acids is 2. The number of nitrogens with zero attached hydrogens (tertiary/aromatic N) is 1. The Morgan fingerprint density at radius 3 is 2.73 bits per heavy atom. The largest absolute Gasteiger partial charge is 0.508 e. The number of benzene rings is 1. The van der Waals surface area contributed by atoms with Crippen LogP contribution in [-0.4, -0.2) is 27.4 Å². The molecule has 0 saturated carbocycles. The number of nitrogens with one attached hydrogen (secondary N) is 2. The van der Waals surface area contributed by atoms with E-state index >= 15 is 0 Å². The van der Waals surface area contributed by atoms with Gasteiger partial charge in [0.05, 0.1) is 12.0 Å². The van der Waals surface area contributed by atoms with E-state index in [-0.39, 0.29) is 23.4 Å². The number of rotatable bonds is 5. The lowest BCUT2D eigenvalue weighted by Gasteiger charge is -2.19. The van der Waals surface area contributed by atoms with Crippen molar-refractivity contribution in [1.82, 2.24) is 10.3 Å². The monoisotopic (exact) mass is 355 g/mol. The summed E-state index contributed by atoms with van der Waals surface area (Å²) >= 11 is 0. The number of pyridine rings is 1. The van der Waals surface area contributed by atoms with E-state index in [9.17, 15) is 19.1 Å². The Balaban J connectivity index is 2.08. The zero-order valence-electron chi connectivity index (χ0n) is 14.3. The summed E-state index contributed by atoms with van der Waals surface area (Å²) in [7, 11) is 0. The van der Waals surface area contributed by atoms with E-state index in [4.69, 9.17) is 6.42 Å². The Morgan fingerprint density at radius 2 is 2.04 bits per heavy atom. The predicted octanol–water partition coefficient (Wildman–Crippen LogP) is 2.25. The van der Waals surface area contributed by atoms with Crippen LogP contribution in [0.1, 0.15) is 29.9 Å². The second-order valence-corrected chi connectivity index (χ2v) is 6.15. The van der Waals surface area contributed by atoms with Gasteiger partial charge < -0.3 is 15.7 Å². The number of terminal acetylenes is 1. The molecule has 0 spiro atoms. The van der Waals surface area contributed by atoms with Crippen molar-refractivity contribution in [2.75, 3.05) is 5.32 Å². The summed E-state index contributed by atoms with van der Waals surface area (Å²) in [6, 6.07) is 6.27. The molecule has 134 valence electrons. The summed E-state index contributed by atoms with van der Waals surface area (Å²) in [5.74, 6) is 0.759. The van der Waals surface area contributed by atoms with Crippen molar-refractivity contribution in [2.45, 2.75) is 25.8 Å². The Morgan fingerprint density at radius 1 is 1.31 bits per heavy atom. The van der Waals surface area contributed by atoms with Gasteiger partial charge in [-0.3, -0.25) is 14.6 Å². The minimum Gasteiger partial charge on any atom is -0.508 e. The van der Waals surface area contributed by atoms with Crippen LogP contribution in [0.4, 0.5) is 10.1 Å². The van der Waals surface area contributed by atoms with Gasteiger partial charge in [-0.2, -0.15) is 0 Å². The molecule has 2 amide bonds. The van der Waals surface area contributed by atoms with Crippen molar-refractivity contribution in [3.8, 4) is 18.1 Å². The molecule has 2 aromatic rings. The first-order chi connectivity index (χ1) is 12.2. The van der Waals surface area contributed by atoms with Crippen LogP contribution in [0.25, 0.3) is 0 Å². The Hall–Kier alpha value is -3.40. The molecule has 3 N–H and O–H groups in total. The molecule has 0 saturated heterocycles. The van der Waals surface area contributed by atoms with Crippen LogP contribution in [0.3, 0.4) is 0 Å². The quantitative estimate of drug-likeness (QED) is 0.718. The van der Waals surface area contributed by atoms with Gasteiger partial charge >= 0.3 is 0 Å². The fraction of sp³-hybridized carbons (Fsp3) is 0.211. The van der Waals surface area contributed by atoms with Crippen molar-refractivity contribution < 1.29 is 19.1 Å². The lowest BCUT2D eigenvalue weighted by atomic mass is 10.1. The molecule has 0 aliphatic rings. The fourth-order valence-corrected chi connectivity index (χ4v) is 2.09. The number of hydrogen-bond acceptors (Lipinski definition) is 4. The lowest BCUT2D eigenvalue weighted by Crippen LogP contribution is -2.42. The van der Waals surface area contributed by atoms with E-state index < -0.39 is 23.2 Å². The highest BCUT2D eigenvalue weighted by Crippen LogP contribution is 2.19. The van der Waals surface area contributed by atoms with Crippen LogP contribution in [0.15, 0.2) is 36.5 Å². The van der Waals surface area contributed by atoms with Gasteiger partial charge in [-0.25, -0.2) is 4.39 Å². The molecular formula is C19H18FN3O3. The molecule has 26 heavy (non-hydrogen) atoms. The van der Waals surface area contributed by atoms with Crippen molar-refractivity contribution in [1.29, 1.82) is 0 Å². The standard InChI is InChI=1S/C19H18FN3O3/c1-4-19(2,3)23-18(26)15-11-14(7-8-21-15)22-17(25)10-12-9-13(20)5-6-16(12)24/h1,5-9,11,24H,10H2,2-3H3,(H,23,26)(H,21,22,25). The predicted molar refractivity (Wildman–Crippen MR) is 95.0 cm³/mol. The summed E-state index contributed by atoms with van der Waals surface area (Å²) in [5, 5.41) is 14.9. The fourth-order valence-electron chi connectivity index (χ4n) is 2.09. The number of phenols is 1. The molecule has 1 heterocycles. The highest BCUT2D eigenvalue weighted by Gasteiger charge is 2.19. The van der Waals surface area contributed by atoms with Crippen LogP contribution in [0.2, 0.25) is 0 Å². The van der Waals surface area contributed by atoms with Crippen LogP contribution >= 0.6 is 0 Å². The molecule has 0 aliphatic heterocycles. The summed E-state index contributed by atoms with van der Waals surface area (Å²) in [6.45, 7) is 3.34. The zero-order chi connectivity index (χ0) is 19.3. The first kappa shape index (κ1) is 18.9. The lowest BCUT2D eigenvalue weighted by molar-refractivity contribution is -0.115. The van der Waals surface area contributed by atoms with E-state index in [1.54, 1.807) is 13.8 Å². The van der Waals surface area contributed by atoms with Crippen LogP contribution in [-0.2, 0) is 11.2 Å². The van der Waals surface area contributed by atoms with Gasteiger partial charge in [-0.15, -0.1) is 6.42 Å². The van der Waals surface area contributed by atoms with Crippen LogP contribution < -0.4 is 10.6 Å². The van der Waals surface area contributed by atoms with Gasteiger partial charge in [-0.1, -0.05) is 5.92 Å². The molecule has 0 atom stereocenters. The molecule has 0 unspecified atom stereocenters. The molecule has 6 nitrogen and oxygen atoms in total. The molecular weight excluding hydrogens is 337 g/mol. The SMILES string of the molecule is C#CC(C)(C)NC(=O)c1cc(NC(=O)Cc2cc(F)ccc2O)ccn1. The number of halogens is 1. The van der Waals surface area contributed by atoms with E-state index in [0.29, 0.717) is 5.69 Å². The number of aromatic hydroxyl groups is 1. The summed E-state index contributed by atoms with van der Waals surface area (Å²) in [6.07, 6.45) is 6.48. The second kappa shape index (κ2) is 7.66. The Kier molecular flexibility index (Phi) is 5.58. The van der Waals surface area contributed by atoms with Crippen molar-refractivity contribution in [2.24, 2.45) is 0 Å². The topological polar surface area (TPSA) is 91.3 Å². The molecule has 1 aromatic carbocycles. The highest BCUT2D eigenvalue weighted by molar-refractivity contribution is 5.96. The van der Waals surface area contributed by atoms with E-state index in [1.165, 1.54) is 24.4 Å². The third kappa shape index (κ3) is 5.05. The third-order valence-corrected chi connectivity index (χ3v) is 3.46. The molecule has 0 fully saturated rings. The molecule has 1 aromatic heterocycles. The summed E-state index contributed by atoms with van der Waals surface area (Å²) in [4.78, 5) is 28.2. The number of carbonyl (C=O) groups is 2. The number of amides is 2. The molecule has 7 heteroatoms. The Bertz CT molecular complexity index is 888. The molecule has 0 bridgehead atoms. The van der Waals surface area contributed by atoms with E-state index in [1.807, 2.05) is 0 Å². The van der Waals surface area contributed by atoms with E-state index in [2.05, 4.69) is 21.5 Å². The zero-order valence-corrected chi connectivity index (χ0v) is 14.3. The molecule has 0 aliphatic carbocycles. The van der Waals surface area contributed by atoms with Crippen molar-refractivity contribution in [3.63, 3.8) is 0 Å². The minimum absolute atomic E-state index is 0.0831. The van der Waals surface area contributed by atoms with Crippen molar-refractivity contribution in [3.05, 3.63) is 53.6 Å². The summed E-state index contributed by atoms with van der Waals surface area (Å²) < 4.78 is 13.2. The summed E-state index contributed by atoms with van der Waals surface area (Å²) in [5.41, 5.74) is -0.262. The molecule has 2 rings (SSSR count). The average molecular weight is 355 g/mol. The maximum absolute atomic E-state index is 13.2. The van der Waals surface area contributed by atoms with Gasteiger partial charge in [0.15, 0.2) is 0 Å². The molecule has 0 radical (unpaired) electrons. The number of aromatic nitrogens is 1. The smallest absolute Gasteiger partial charge is 0.271 e. The normalized spacial score (nSPS) is 10.7. The highest BCUT2D eigenvalue weighted by atomic mass is 19.1. The van der Waals surface area contributed by atoms with Gasteiger partial charge in [0, 0.05) is 17.4 Å². The van der Waals surface area contributed by atoms with Gasteiger partial charge in [0.25, 0.3) is 5.91 Å². The van der Waals surface area contributed by atoms with Crippen LogP contribution in [0, 0.1) is 18.2 Å². The van der Waals surface area contributed by atoms with E-state index in [0.717, 1.165) is 12.1 Å². The average Bonchev–Trinajstić information content (AvgIpc) is 2.58. The van der Waals surface area contributed by atoms with Crippen LogP contribution in [0.5, 0.6) is 5.75 Å².